The van der Waals surface area contributed by atoms with Crippen LogP contribution in [-0.4, -0.2) is 9.84 Å². The first-order valence-electron chi connectivity index (χ1n) is 17.3. The summed E-state index contributed by atoms with van der Waals surface area (Å²) < 4.78 is 2.44. The molecule has 2 nitrogen and oxygen atoms in total. The van der Waals surface area contributed by atoms with Crippen LogP contribution in [0.2, 0.25) is 0 Å². The summed E-state index contributed by atoms with van der Waals surface area (Å²) in [4.78, 5) is 5.25. The van der Waals surface area contributed by atoms with Gasteiger partial charge >= 0.3 is 5.27 Å². The SMILES string of the molecule is CC1(C)c2ccccc2N(c2cc3c4c(c2)-c2ccccc2SB4Sc2ccccc2-3)c2ccc(-n3c4ccccc4c4ccccc43)cc21. The first kappa shape index (κ1) is 28.7. The molecule has 5 heteroatoms. The molecule has 236 valence electrons. The number of anilines is 3. The highest BCUT2D eigenvalue weighted by Crippen LogP contribution is 2.55. The lowest BCUT2D eigenvalue weighted by Gasteiger charge is -2.43. The van der Waals surface area contributed by atoms with Gasteiger partial charge in [0.25, 0.3) is 0 Å². The van der Waals surface area contributed by atoms with Crippen LogP contribution in [0.25, 0.3) is 49.7 Å². The Morgan fingerprint density at radius 1 is 0.480 bits per heavy atom. The van der Waals surface area contributed by atoms with Gasteiger partial charge in [-0.2, -0.15) is 23.2 Å². The second-order valence-electron chi connectivity index (χ2n) is 14.1. The van der Waals surface area contributed by atoms with Gasteiger partial charge < -0.3 is 9.47 Å². The standard InChI is InChI=1S/C45H31BN2S2/c1-45(2)36-17-7-10-20-40(36)48(41-24-23-28(27-37(41)45)47-38-18-8-3-13-30(38)31-14-4-9-19-39(31)47)29-25-34-32-15-5-11-21-42(32)49-46-44(34)35(26-29)33-16-6-12-22-43(33)50-46/h3-27H,1-2H3. The van der Waals surface area contributed by atoms with E-state index in [9.17, 15) is 0 Å². The molecule has 0 amide bonds. The minimum atomic E-state index is -0.211. The van der Waals surface area contributed by atoms with E-state index in [-0.39, 0.29) is 5.41 Å². The van der Waals surface area contributed by atoms with Crippen LogP contribution < -0.4 is 10.4 Å². The summed E-state index contributed by atoms with van der Waals surface area (Å²) in [5, 5.41) is 2.89. The summed E-state index contributed by atoms with van der Waals surface area (Å²) in [6, 6.07) is 56.6. The normalized spacial score (nSPS) is 14.9. The highest BCUT2D eigenvalue weighted by atomic mass is 32.2. The predicted octanol–water partition coefficient (Wildman–Crippen LogP) is 12.1. The Morgan fingerprint density at radius 2 is 1.02 bits per heavy atom. The van der Waals surface area contributed by atoms with Crippen molar-refractivity contribution in [1.29, 1.82) is 0 Å². The molecule has 0 saturated carbocycles. The van der Waals surface area contributed by atoms with Crippen molar-refractivity contribution in [1.82, 2.24) is 4.57 Å². The molecule has 3 aliphatic rings. The quantitative estimate of drug-likeness (QED) is 0.169. The van der Waals surface area contributed by atoms with Crippen LogP contribution in [0.4, 0.5) is 17.1 Å². The molecular formula is C45H31BN2S2. The van der Waals surface area contributed by atoms with Crippen molar-refractivity contribution in [2.75, 3.05) is 4.90 Å². The summed E-state index contributed by atoms with van der Waals surface area (Å²) in [5.41, 5.74) is 16.6. The van der Waals surface area contributed by atoms with Crippen molar-refractivity contribution in [2.45, 2.75) is 29.1 Å². The first-order valence-corrected chi connectivity index (χ1v) is 19.0. The van der Waals surface area contributed by atoms with Gasteiger partial charge in [-0.15, -0.1) is 0 Å². The molecule has 0 fully saturated rings. The van der Waals surface area contributed by atoms with E-state index in [1.807, 2.05) is 23.2 Å². The maximum Gasteiger partial charge on any atom is 0.318 e. The van der Waals surface area contributed by atoms with Gasteiger partial charge in [-0.25, -0.2) is 0 Å². The molecule has 11 rings (SSSR count). The summed E-state index contributed by atoms with van der Waals surface area (Å²) in [7, 11) is 0. The number of hydrogen-bond donors (Lipinski definition) is 0. The van der Waals surface area contributed by atoms with Crippen LogP contribution in [0.5, 0.6) is 0 Å². The Bertz CT molecular complexity index is 2600. The Hall–Kier alpha value is -5.10. The number of para-hydroxylation sites is 3. The van der Waals surface area contributed by atoms with Gasteiger partial charge in [0.1, 0.15) is 0 Å². The van der Waals surface area contributed by atoms with Crippen LogP contribution in [0.1, 0.15) is 25.0 Å². The van der Waals surface area contributed by atoms with E-state index >= 15 is 0 Å². The highest BCUT2D eigenvalue weighted by molar-refractivity contribution is 8.56. The zero-order valence-corrected chi connectivity index (χ0v) is 29.4. The van der Waals surface area contributed by atoms with Gasteiger partial charge in [0.05, 0.1) is 22.4 Å². The van der Waals surface area contributed by atoms with Crippen LogP contribution in [0.15, 0.2) is 161 Å². The topological polar surface area (TPSA) is 8.17 Å². The van der Waals surface area contributed by atoms with E-state index in [4.69, 9.17) is 0 Å². The van der Waals surface area contributed by atoms with Crippen molar-refractivity contribution in [3.05, 3.63) is 163 Å². The van der Waals surface area contributed by atoms with Gasteiger partial charge in [0, 0.05) is 37.4 Å². The van der Waals surface area contributed by atoms with Crippen LogP contribution in [0, 0.1) is 0 Å². The summed E-state index contributed by atoms with van der Waals surface area (Å²) in [5.74, 6) is 0. The fraction of sp³-hybridized carbons (Fsp3) is 0.0667. The molecule has 0 bridgehead atoms. The predicted molar refractivity (Wildman–Crippen MR) is 216 cm³/mol. The van der Waals surface area contributed by atoms with Gasteiger partial charge in [0.2, 0.25) is 0 Å². The van der Waals surface area contributed by atoms with Crippen LogP contribution in [0.3, 0.4) is 0 Å². The minimum absolute atomic E-state index is 0.211. The molecule has 0 N–H and O–H groups in total. The van der Waals surface area contributed by atoms with Crippen molar-refractivity contribution in [3.8, 4) is 27.9 Å². The maximum atomic E-state index is 2.53. The van der Waals surface area contributed by atoms with E-state index in [0.29, 0.717) is 5.27 Å². The van der Waals surface area contributed by atoms with Gasteiger partial charge in [-0.05, 0) is 99.5 Å². The number of hydrogen-bond acceptors (Lipinski definition) is 3. The molecule has 0 unspecified atom stereocenters. The molecule has 0 spiro atoms. The molecule has 7 aromatic carbocycles. The molecule has 0 saturated heterocycles. The Balaban J connectivity index is 1.19. The fourth-order valence-corrected chi connectivity index (χ4v) is 11.7. The summed E-state index contributed by atoms with van der Waals surface area (Å²) >= 11 is 3.99. The average molecular weight is 675 g/mol. The molecule has 4 heterocycles. The maximum absolute atomic E-state index is 2.53. The number of rotatable bonds is 2. The second kappa shape index (κ2) is 10.5. The minimum Gasteiger partial charge on any atom is -0.310 e. The molecule has 1 aromatic heterocycles. The molecule has 50 heavy (non-hydrogen) atoms. The van der Waals surface area contributed by atoms with Gasteiger partial charge in [-0.1, -0.05) is 105 Å². The molecule has 0 radical (unpaired) electrons. The number of aromatic nitrogens is 1. The third-order valence-electron chi connectivity index (χ3n) is 11.0. The van der Waals surface area contributed by atoms with Crippen molar-refractivity contribution in [3.63, 3.8) is 0 Å². The fourth-order valence-electron chi connectivity index (χ4n) is 8.73. The monoisotopic (exact) mass is 674 g/mol. The first-order chi connectivity index (χ1) is 24.6. The smallest absolute Gasteiger partial charge is 0.310 e. The molecule has 8 aromatic rings. The Kier molecular flexibility index (Phi) is 6.01. The number of benzene rings is 7. The van der Waals surface area contributed by atoms with Crippen molar-refractivity contribution in [2.24, 2.45) is 0 Å². The highest BCUT2D eigenvalue weighted by Gasteiger charge is 2.40. The molecule has 0 aliphatic carbocycles. The Morgan fingerprint density at radius 3 is 1.68 bits per heavy atom. The molecule has 0 atom stereocenters. The van der Waals surface area contributed by atoms with Gasteiger partial charge in [-0.3, -0.25) is 0 Å². The van der Waals surface area contributed by atoms with Crippen LogP contribution in [-0.2, 0) is 5.41 Å². The van der Waals surface area contributed by atoms with Crippen molar-refractivity contribution < 1.29 is 0 Å². The third kappa shape index (κ3) is 3.90. The zero-order valence-electron chi connectivity index (χ0n) is 27.7. The lowest BCUT2D eigenvalue weighted by Crippen LogP contribution is -2.35. The lowest BCUT2D eigenvalue weighted by atomic mass is 9.73. The van der Waals surface area contributed by atoms with E-state index < -0.39 is 0 Å². The number of fused-ring (bicyclic) bond motifs is 9. The summed E-state index contributed by atoms with van der Waals surface area (Å²) in [6.07, 6.45) is 0. The van der Waals surface area contributed by atoms with Crippen LogP contribution >= 0.6 is 23.2 Å². The van der Waals surface area contributed by atoms with E-state index in [2.05, 4.69) is 175 Å². The Labute approximate surface area is 300 Å². The van der Waals surface area contributed by atoms with E-state index in [0.717, 1.165) is 0 Å². The third-order valence-corrected chi connectivity index (χ3v) is 13.7. The van der Waals surface area contributed by atoms with E-state index in [1.54, 1.807) is 0 Å². The lowest BCUT2D eigenvalue weighted by molar-refractivity contribution is 0.631. The van der Waals surface area contributed by atoms with E-state index in [1.165, 1.54) is 93.2 Å². The number of nitrogens with zero attached hydrogens (tertiary/aromatic N) is 2. The molecule has 3 aliphatic heterocycles. The largest absolute Gasteiger partial charge is 0.318 e. The molecular weight excluding hydrogens is 643 g/mol. The average Bonchev–Trinajstić information content (AvgIpc) is 3.49. The van der Waals surface area contributed by atoms with Gasteiger partial charge in [0.15, 0.2) is 0 Å². The second-order valence-corrected chi connectivity index (χ2v) is 16.7. The van der Waals surface area contributed by atoms with Crippen molar-refractivity contribution >= 4 is 72.8 Å². The summed E-state index contributed by atoms with van der Waals surface area (Å²) in [6.45, 7) is 4.78. The zero-order chi connectivity index (χ0) is 33.1.